The molecular formula is C42H44O11. The molecule has 1 atom stereocenters. The largest absolute Gasteiger partial charge is 0.458 e. The lowest BCUT2D eigenvalue weighted by atomic mass is 9.94. The summed E-state index contributed by atoms with van der Waals surface area (Å²) in [7, 11) is 0. The molecule has 3 rings (SSSR count). The molecule has 3 aromatic carbocycles. The third-order valence-electron chi connectivity index (χ3n) is 6.80. The van der Waals surface area contributed by atoms with E-state index in [1.807, 2.05) is 36.4 Å². The maximum Gasteiger partial charge on any atom is 0.338 e. The van der Waals surface area contributed by atoms with Gasteiger partial charge >= 0.3 is 17.9 Å². The smallest absolute Gasteiger partial charge is 0.338 e. The van der Waals surface area contributed by atoms with Gasteiger partial charge in [-0.1, -0.05) is 98.6 Å². The van der Waals surface area contributed by atoms with Gasteiger partial charge in [-0.05, 0) is 55.7 Å². The zero-order chi connectivity index (χ0) is 39.6. The molecule has 1 unspecified atom stereocenters. The number of carbonyl (C=O) groups excluding carboxylic acids is 8. The molecule has 0 aliphatic rings. The van der Waals surface area contributed by atoms with Gasteiger partial charge in [-0.2, -0.15) is 0 Å². The maximum absolute atomic E-state index is 11.9. The second kappa shape index (κ2) is 25.6. The van der Waals surface area contributed by atoms with Crippen LogP contribution in [0.2, 0.25) is 0 Å². The number of benzene rings is 3. The van der Waals surface area contributed by atoms with Crippen molar-refractivity contribution in [3.05, 3.63) is 139 Å². The number of esters is 3. The van der Waals surface area contributed by atoms with Gasteiger partial charge in [-0.3, -0.25) is 33.6 Å². The molecule has 0 spiro atoms. The van der Waals surface area contributed by atoms with Crippen LogP contribution in [-0.4, -0.2) is 66.6 Å². The SMILES string of the molecule is C=CC(=O)CC(Cc1ccccc1)C(=O)OCC(C)=O.C=CC(=O)CCC(=O)OCC(C)=O.C=Cc1ccc(C(=O)OCC(=O)c2ccccc2)cc1. The standard InChI is InChI=1S/C17H14O3.C16H18O4.C9H12O4/c1-2-13-8-10-15(11-9-13)17(19)20-12-16(18)14-6-4-3-5-7-14;1-3-15(18)10-14(16(19)20-11-12(2)17)9-13-7-5-4-6-8-13;1-3-8(11)4-5-9(12)13-6-7(2)10/h2-11H,1,12H2;3-8,14H,1,9-11H2,2H3;3H,1,4-6H2,2H3. The Kier molecular flexibility index (Phi) is 21.5. The Morgan fingerprint density at radius 2 is 1.15 bits per heavy atom. The summed E-state index contributed by atoms with van der Waals surface area (Å²) in [5, 5.41) is 0. The molecule has 0 aliphatic carbocycles. The summed E-state index contributed by atoms with van der Waals surface area (Å²) < 4.78 is 14.4. The summed E-state index contributed by atoms with van der Waals surface area (Å²) in [6.07, 6.45) is 4.55. The molecule has 11 nitrogen and oxygen atoms in total. The number of rotatable bonds is 19. The van der Waals surface area contributed by atoms with Crippen molar-refractivity contribution in [2.75, 3.05) is 19.8 Å². The first-order valence-corrected chi connectivity index (χ1v) is 16.4. The van der Waals surface area contributed by atoms with Gasteiger partial charge in [0.15, 0.2) is 35.5 Å². The summed E-state index contributed by atoms with van der Waals surface area (Å²) in [5.41, 5.74) is 2.80. The molecule has 0 aromatic heterocycles. The molecule has 0 heterocycles. The van der Waals surface area contributed by atoms with E-state index >= 15 is 0 Å². The number of Topliss-reactive ketones (excluding diaryl/α,β-unsaturated/α-hetero) is 3. The van der Waals surface area contributed by atoms with E-state index in [9.17, 15) is 38.4 Å². The fourth-order valence-electron chi connectivity index (χ4n) is 4.01. The van der Waals surface area contributed by atoms with Crippen LogP contribution < -0.4 is 0 Å². The van der Waals surface area contributed by atoms with Crippen molar-refractivity contribution in [3.8, 4) is 0 Å². The van der Waals surface area contributed by atoms with Gasteiger partial charge in [-0.15, -0.1) is 0 Å². The molecular weight excluding hydrogens is 680 g/mol. The second-order valence-electron chi connectivity index (χ2n) is 11.3. The number of carbonyl (C=O) groups is 8. The Morgan fingerprint density at radius 1 is 0.604 bits per heavy atom. The van der Waals surface area contributed by atoms with Crippen LogP contribution in [0.4, 0.5) is 0 Å². The van der Waals surface area contributed by atoms with Crippen molar-refractivity contribution in [2.45, 2.75) is 39.5 Å². The highest BCUT2D eigenvalue weighted by Gasteiger charge is 2.23. The minimum absolute atomic E-state index is 0.00185. The highest BCUT2D eigenvalue weighted by Crippen LogP contribution is 2.15. The number of hydrogen-bond acceptors (Lipinski definition) is 11. The quantitative estimate of drug-likeness (QED) is 0.0603. The van der Waals surface area contributed by atoms with Crippen molar-refractivity contribution in [2.24, 2.45) is 5.92 Å². The van der Waals surface area contributed by atoms with E-state index in [-0.39, 0.29) is 68.0 Å². The lowest BCUT2D eigenvalue weighted by Crippen LogP contribution is -2.24. The Morgan fingerprint density at radius 3 is 1.68 bits per heavy atom. The Hall–Kier alpha value is -6.36. The average Bonchev–Trinajstić information content (AvgIpc) is 3.17. The van der Waals surface area contributed by atoms with Crippen LogP contribution in [0.15, 0.2) is 117 Å². The van der Waals surface area contributed by atoms with Gasteiger partial charge in [0, 0.05) is 18.4 Å². The molecule has 0 N–H and O–H groups in total. The van der Waals surface area contributed by atoms with Crippen LogP contribution in [0.3, 0.4) is 0 Å². The number of ketones is 5. The van der Waals surface area contributed by atoms with Crippen LogP contribution in [0.25, 0.3) is 6.08 Å². The van der Waals surface area contributed by atoms with Crippen molar-refractivity contribution in [1.29, 1.82) is 0 Å². The second-order valence-corrected chi connectivity index (χ2v) is 11.3. The molecule has 0 amide bonds. The highest BCUT2D eigenvalue weighted by molar-refractivity contribution is 5.99. The number of allylic oxidation sites excluding steroid dienone is 2. The molecule has 0 fully saturated rings. The van der Waals surface area contributed by atoms with Gasteiger partial charge in [0.1, 0.15) is 13.2 Å². The van der Waals surface area contributed by atoms with Crippen LogP contribution in [0, 0.1) is 5.92 Å². The van der Waals surface area contributed by atoms with E-state index in [0.29, 0.717) is 17.5 Å². The van der Waals surface area contributed by atoms with Gasteiger partial charge in [-0.25, -0.2) is 4.79 Å². The van der Waals surface area contributed by atoms with Crippen LogP contribution >= 0.6 is 0 Å². The number of ether oxygens (including phenoxy) is 3. The van der Waals surface area contributed by atoms with E-state index in [0.717, 1.165) is 17.2 Å². The summed E-state index contributed by atoms with van der Waals surface area (Å²) in [4.78, 5) is 89.7. The first-order chi connectivity index (χ1) is 25.3. The van der Waals surface area contributed by atoms with E-state index in [1.54, 1.807) is 54.6 Å². The summed E-state index contributed by atoms with van der Waals surface area (Å²) in [5.74, 6) is -3.26. The predicted molar refractivity (Wildman–Crippen MR) is 199 cm³/mol. The van der Waals surface area contributed by atoms with Gasteiger partial charge < -0.3 is 14.2 Å². The lowest BCUT2D eigenvalue weighted by Gasteiger charge is -2.14. The van der Waals surface area contributed by atoms with E-state index in [1.165, 1.54) is 19.9 Å². The maximum atomic E-state index is 11.9. The zero-order valence-electron chi connectivity index (χ0n) is 30.0. The summed E-state index contributed by atoms with van der Waals surface area (Å²) in [6, 6.07) is 24.9. The molecule has 53 heavy (non-hydrogen) atoms. The third-order valence-corrected chi connectivity index (χ3v) is 6.80. The Labute approximate surface area is 309 Å². The molecule has 0 aliphatic heterocycles. The van der Waals surface area contributed by atoms with E-state index in [4.69, 9.17) is 9.47 Å². The van der Waals surface area contributed by atoms with Crippen LogP contribution in [0.1, 0.15) is 65.0 Å². The van der Waals surface area contributed by atoms with Crippen LogP contribution in [-0.2, 0) is 49.4 Å². The van der Waals surface area contributed by atoms with Crippen molar-refractivity contribution < 1.29 is 52.6 Å². The van der Waals surface area contributed by atoms with Gasteiger partial charge in [0.2, 0.25) is 0 Å². The zero-order valence-corrected chi connectivity index (χ0v) is 30.0. The van der Waals surface area contributed by atoms with Gasteiger partial charge in [0.05, 0.1) is 17.9 Å². The minimum atomic E-state index is -0.595. The molecule has 0 saturated carbocycles. The molecule has 0 saturated heterocycles. The molecule has 11 heteroatoms. The Balaban J connectivity index is 0.000000409. The topological polar surface area (TPSA) is 164 Å². The minimum Gasteiger partial charge on any atom is -0.458 e. The van der Waals surface area contributed by atoms with Crippen molar-refractivity contribution in [3.63, 3.8) is 0 Å². The van der Waals surface area contributed by atoms with Gasteiger partial charge in [0.25, 0.3) is 0 Å². The summed E-state index contributed by atoms with van der Waals surface area (Å²) in [6.45, 7) is 12.2. The van der Waals surface area contributed by atoms with E-state index in [2.05, 4.69) is 24.5 Å². The first-order valence-electron chi connectivity index (χ1n) is 16.4. The average molecular weight is 725 g/mol. The Bertz CT molecular complexity index is 1720. The molecule has 0 bridgehead atoms. The third kappa shape index (κ3) is 20.2. The molecule has 3 aromatic rings. The fourth-order valence-corrected chi connectivity index (χ4v) is 4.01. The monoisotopic (exact) mass is 724 g/mol. The van der Waals surface area contributed by atoms with Crippen LogP contribution in [0.5, 0.6) is 0 Å². The highest BCUT2D eigenvalue weighted by atomic mass is 16.5. The molecule has 278 valence electrons. The van der Waals surface area contributed by atoms with Crippen molar-refractivity contribution >= 4 is 52.9 Å². The molecule has 0 radical (unpaired) electrons. The van der Waals surface area contributed by atoms with Crippen molar-refractivity contribution in [1.82, 2.24) is 0 Å². The summed E-state index contributed by atoms with van der Waals surface area (Å²) >= 11 is 0. The first kappa shape index (κ1) is 44.7. The normalized spacial score (nSPS) is 10.2. The number of hydrogen-bond donors (Lipinski definition) is 0. The van der Waals surface area contributed by atoms with E-state index < -0.39 is 23.8 Å². The lowest BCUT2D eigenvalue weighted by molar-refractivity contribution is -0.152. The predicted octanol–water partition coefficient (Wildman–Crippen LogP) is 6.15. The fraction of sp³-hybridized carbons (Fsp3) is 0.238.